The molecule has 19 heavy (non-hydrogen) atoms. The quantitative estimate of drug-likeness (QED) is 0.773. The number of benzene rings is 1. The predicted molar refractivity (Wildman–Crippen MR) is 73.3 cm³/mol. The molecule has 4 heteroatoms. The average Bonchev–Trinajstić information content (AvgIpc) is 2.46. The van der Waals surface area contributed by atoms with Crippen LogP contribution in [0.2, 0.25) is 0 Å². The van der Waals surface area contributed by atoms with Crippen molar-refractivity contribution in [3.63, 3.8) is 0 Å². The van der Waals surface area contributed by atoms with E-state index in [1.165, 1.54) is 0 Å². The molecule has 0 aliphatic carbocycles. The van der Waals surface area contributed by atoms with Gasteiger partial charge in [0.05, 0.1) is 12.0 Å². The molecular formula is C15H21NO3. The van der Waals surface area contributed by atoms with Gasteiger partial charge in [0.15, 0.2) is 0 Å². The summed E-state index contributed by atoms with van der Waals surface area (Å²) in [5.41, 5.74) is -0.599. The maximum absolute atomic E-state index is 11.5. The Hall–Kier alpha value is -1.55. The number of rotatable bonds is 6. The lowest BCUT2D eigenvalue weighted by molar-refractivity contribution is -0.150. The lowest BCUT2D eigenvalue weighted by Crippen LogP contribution is -2.45. The van der Waals surface area contributed by atoms with Gasteiger partial charge in [0.2, 0.25) is 0 Å². The first kappa shape index (κ1) is 13.9. The zero-order valence-corrected chi connectivity index (χ0v) is 11.1. The molecule has 0 amide bonds. The highest BCUT2D eigenvalue weighted by molar-refractivity contribution is 5.75. The number of para-hydroxylation sites is 1. The van der Waals surface area contributed by atoms with Crippen LogP contribution in [0.25, 0.3) is 0 Å². The Morgan fingerprint density at radius 2 is 2.16 bits per heavy atom. The summed E-state index contributed by atoms with van der Waals surface area (Å²) in [4.78, 5) is 11.5. The lowest BCUT2D eigenvalue weighted by atomic mass is 9.77. The van der Waals surface area contributed by atoms with E-state index in [0.29, 0.717) is 19.6 Å². The summed E-state index contributed by atoms with van der Waals surface area (Å²) in [7, 11) is 0. The molecule has 0 bridgehead atoms. The normalized spacial score (nSPS) is 22.9. The van der Waals surface area contributed by atoms with Gasteiger partial charge in [0, 0.05) is 6.54 Å². The van der Waals surface area contributed by atoms with E-state index in [2.05, 4.69) is 5.32 Å². The van der Waals surface area contributed by atoms with Gasteiger partial charge < -0.3 is 15.2 Å². The van der Waals surface area contributed by atoms with Crippen molar-refractivity contribution in [1.82, 2.24) is 5.32 Å². The van der Waals surface area contributed by atoms with E-state index in [-0.39, 0.29) is 0 Å². The molecule has 0 saturated carbocycles. The summed E-state index contributed by atoms with van der Waals surface area (Å²) in [5.74, 6) is 0.160. The Bertz CT molecular complexity index is 399. The highest BCUT2D eigenvalue weighted by atomic mass is 16.5. The van der Waals surface area contributed by atoms with E-state index in [4.69, 9.17) is 4.74 Å². The molecule has 1 atom stereocenters. The molecule has 1 aromatic rings. The van der Waals surface area contributed by atoms with E-state index in [1.807, 2.05) is 30.3 Å². The third kappa shape index (κ3) is 3.70. The molecule has 1 fully saturated rings. The fourth-order valence-electron chi connectivity index (χ4n) is 2.59. The molecule has 1 aliphatic heterocycles. The number of carboxylic acid groups (broad SMARTS) is 1. The van der Waals surface area contributed by atoms with Crippen LogP contribution >= 0.6 is 0 Å². The molecule has 1 unspecified atom stereocenters. The van der Waals surface area contributed by atoms with E-state index >= 15 is 0 Å². The molecule has 2 rings (SSSR count). The van der Waals surface area contributed by atoms with Crippen LogP contribution in [0, 0.1) is 5.41 Å². The minimum atomic E-state index is -0.681. The van der Waals surface area contributed by atoms with Crippen molar-refractivity contribution in [2.75, 3.05) is 19.7 Å². The van der Waals surface area contributed by atoms with Crippen LogP contribution in [0.1, 0.15) is 25.7 Å². The molecule has 1 saturated heterocycles. The van der Waals surface area contributed by atoms with Gasteiger partial charge in [0.25, 0.3) is 0 Å². The van der Waals surface area contributed by atoms with Gasteiger partial charge in [0.1, 0.15) is 5.75 Å². The van der Waals surface area contributed by atoms with Gasteiger partial charge in [-0.2, -0.15) is 0 Å². The molecule has 0 radical (unpaired) electrons. The van der Waals surface area contributed by atoms with Crippen molar-refractivity contribution < 1.29 is 14.6 Å². The molecular weight excluding hydrogens is 242 g/mol. The summed E-state index contributed by atoms with van der Waals surface area (Å²) in [6, 6.07) is 9.63. The van der Waals surface area contributed by atoms with Crippen LogP contribution in [0.3, 0.4) is 0 Å². The van der Waals surface area contributed by atoms with E-state index < -0.39 is 11.4 Å². The highest BCUT2D eigenvalue weighted by Gasteiger charge is 2.38. The van der Waals surface area contributed by atoms with Gasteiger partial charge in [-0.05, 0) is 44.4 Å². The van der Waals surface area contributed by atoms with Crippen molar-refractivity contribution in [2.45, 2.75) is 25.7 Å². The summed E-state index contributed by atoms with van der Waals surface area (Å²) < 4.78 is 5.61. The van der Waals surface area contributed by atoms with Gasteiger partial charge in [-0.3, -0.25) is 4.79 Å². The molecule has 1 aliphatic rings. The maximum atomic E-state index is 11.5. The van der Waals surface area contributed by atoms with Crippen molar-refractivity contribution >= 4 is 5.97 Å². The largest absolute Gasteiger partial charge is 0.494 e. The number of carbonyl (C=O) groups is 1. The standard InChI is InChI=1S/C15H21NO3/c17-14(18)15(8-4-10-16-12-15)9-5-11-19-13-6-2-1-3-7-13/h1-3,6-7,16H,4-5,8-12H2,(H,17,18). The van der Waals surface area contributed by atoms with Gasteiger partial charge in [-0.25, -0.2) is 0 Å². The second-order valence-corrected chi connectivity index (χ2v) is 5.13. The molecule has 4 nitrogen and oxygen atoms in total. The maximum Gasteiger partial charge on any atom is 0.310 e. The second kappa shape index (κ2) is 6.57. The third-order valence-corrected chi connectivity index (χ3v) is 3.74. The molecule has 0 spiro atoms. The lowest BCUT2D eigenvalue weighted by Gasteiger charge is -2.33. The summed E-state index contributed by atoms with van der Waals surface area (Å²) in [5, 5.41) is 12.6. The van der Waals surface area contributed by atoms with Crippen LogP contribution in [-0.2, 0) is 4.79 Å². The Balaban J connectivity index is 1.78. The minimum absolute atomic E-state index is 0.568. The number of hydrogen-bond donors (Lipinski definition) is 2. The van der Waals surface area contributed by atoms with Crippen molar-refractivity contribution in [2.24, 2.45) is 5.41 Å². The van der Waals surface area contributed by atoms with Crippen LogP contribution in [0.15, 0.2) is 30.3 Å². The zero-order valence-electron chi connectivity index (χ0n) is 11.1. The summed E-state index contributed by atoms with van der Waals surface area (Å²) in [6.45, 7) is 2.07. The van der Waals surface area contributed by atoms with Crippen LogP contribution in [0.4, 0.5) is 0 Å². The summed E-state index contributed by atoms with van der Waals surface area (Å²) in [6.07, 6.45) is 3.14. The Labute approximate surface area is 113 Å². The number of ether oxygens (including phenoxy) is 1. The molecule has 2 N–H and O–H groups in total. The first-order valence-corrected chi connectivity index (χ1v) is 6.85. The van der Waals surface area contributed by atoms with Gasteiger partial charge in [-0.15, -0.1) is 0 Å². The number of carboxylic acids is 1. The number of aliphatic carboxylic acids is 1. The zero-order chi connectivity index (χ0) is 13.6. The van der Waals surface area contributed by atoms with Crippen LogP contribution in [-0.4, -0.2) is 30.8 Å². The molecule has 1 heterocycles. The van der Waals surface area contributed by atoms with E-state index in [0.717, 1.165) is 31.6 Å². The molecule has 104 valence electrons. The SMILES string of the molecule is O=C(O)C1(CCCOc2ccccc2)CCCNC1. The topological polar surface area (TPSA) is 58.6 Å². The number of hydrogen-bond acceptors (Lipinski definition) is 3. The molecule has 0 aromatic heterocycles. The van der Waals surface area contributed by atoms with Gasteiger partial charge in [-0.1, -0.05) is 18.2 Å². The highest BCUT2D eigenvalue weighted by Crippen LogP contribution is 2.31. The van der Waals surface area contributed by atoms with Crippen molar-refractivity contribution in [3.8, 4) is 5.75 Å². The second-order valence-electron chi connectivity index (χ2n) is 5.13. The average molecular weight is 263 g/mol. The van der Waals surface area contributed by atoms with E-state index in [9.17, 15) is 9.90 Å². The monoisotopic (exact) mass is 263 g/mol. The predicted octanol–water partition coefficient (Wildman–Crippen LogP) is 2.30. The Morgan fingerprint density at radius 3 is 2.79 bits per heavy atom. The fraction of sp³-hybridized carbons (Fsp3) is 0.533. The van der Waals surface area contributed by atoms with Gasteiger partial charge >= 0.3 is 5.97 Å². The van der Waals surface area contributed by atoms with Crippen molar-refractivity contribution in [1.29, 1.82) is 0 Å². The smallest absolute Gasteiger partial charge is 0.310 e. The molecule has 1 aromatic carbocycles. The summed E-state index contributed by atoms with van der Waals surface area (Å²) >= 11 is 0. The number of nitrogens with one attached hydrogen (secondary N) is 1. The van der Waals surface area contributed by atoms with Crippen molar-refractivity contribution in [3.05, 3.63) is 30.3 Å². The van der Waals surface area contributed by atoms with Crippen LogP contribution < -0.4 is 10.1 Å². The third-order valence-electron chi connectivity index (χ3n) is 3.74. The fourth-order valence-corrected chi connectivity index (χ4v) is 2.59. The first-order valence-electron chi connectivity index (χ1n) is 6.85. The first-order chi connectivity index (χ1) is 9.23. The minimum Gasteiger partial charge on any atom is -0.494 e. The van der Waals surface area contributed by atoms with E-state index in [1.54, 1.807) is 0 Å². The Morgan fingerprint density at radius 1 is 1.37 bits per heavy atom. The number of piperidine rings is 1. The van der Waals surface area contributed by atoms with Crippen LogP contribution in [0.5, 0.6) is 5.75 Å². The Kier molecular flexibility index (Phi) is 4.80.